The van der Waals surface area contributed by atoms with Gasteiger partial charge in [0.2, 0.25) is 0 Å². The number of amides is 1. The van der Waals surface area contributed by atoms with E-state index in [1.807, 2.05) is 6.92 Å². The van der Waals surface area contributed by atoms with E-state index in [9.17, 15) is 14.3 Å². The number of halogens is 2. The molecule has 2 unspecified atom stereocenters. The van der Waals surface area contributed by atoms with Crippen molar-refractivity contribution in [3.8, 4) is 0 Å². The molecule has 1 aromatic rings. The highest BCUT2D eigenvalue weighted by Crippen LogP contribution is 2.28. The third-order valence-electron chi connectivity index (χ3n) is 3.51. The zero-order chi connectivity index (χ0) is 13.3. The Balaban J connectivity index is 2.32. The second-order valence-electron chi connectivity index (χ2n) is 4.61. The first kappa shape index (κ1) is 13.5. The van der Waals surface area contributed by atoms with Gasteiger partial charge in [0.25, 0.3) is 5.91 Å². The highest BCUT2D eigenvalue weighted by molar-refractivity contribution is 9.10. The number of rotatable bonds is 2. The molecule has 1 saturated heterocycles. The predicted molar refractivity (Wildman–Crippen MR) is 69.8 cm³/mol. The van der Waals surface area contributed by atoms with Gasteiger partial charge < -0.3 is 10.0 Å². The molecule has 0 saturated carbocycles. The molecule has 1 aliphatic rings. The van der Waals surface area contributed by atoms with E-state index in [2.05, 4.69) is 15.9 Å². The average molecular weight is 316 g/mol. The molecule has 18 heavy (non-hydrogen) atoms. The number of likely N-dealkylation sites (tertiary alicyclic amines) is 1. The molecule has 0 aliphatic carbocycles. The SMILES string of the molecule is CC1CCN(C(=O)c2c(F)cccc2Br)C1CO. The lowest BCUT2D eigenvalue weighted by atomic mass is 10.0. The van der Waals surface area contributed by atoms with Crippen LogP contribution in [0.25, 0.3) is 0 Å². The van der Waals surface area contributed by atoms with E-state index in [1.54, 1.807) is 17.0 Å². The Hall–Kier alpha value is -0.940. The van der Waals surface area contributed by atoms with E-state index in [1.165, 1.54) is 6.07 Å². The molecule has 3 nitrogen and oxygen atoms in total. The zero-order valence-corrected chi connectivity index (χ0v) is 11.7. The third-order valence-corrected chi connectivity index (χ3v) is 4.17. The Morgan fingerprint density at radius 3 is 2.94 bits per heavy atom. The lowest BCUT2D eigenvalue weighted by Crippen LogP contribution is -2.40. The quantitative estimate of drug-likeness (QED) is 0.910. The van der Waals surface area contributed by atoms with Gasteiger partial charge in [0.15, 0.2) is 0 Å². The summed E-state index contributed by atoms with van der Waals surface area (Å²) in [6.45, 7) is 2.47. The van der Waals surface area contributed by atoms with Gasteiger partial charge in [0, 0.05) is 11.0 Å². The molecular formula is C13H15BrFNO2. The van der Waals surface area contributed by atoms with Gasteiger partial charge in [0.05, 0.1) is 18.2 Å². The van der Waals surface area contributed by atoms with Crippen molar-refractivity contribution in [1.29, 1.82) is 0 Å². The molecular weight excluding hydrogens is 301 g/mol. The van der Waals surface area contributed by atoms with Crippen LogP contribution in [0.1, 0.15) is 23.7 Å². The third kappa shape index (κ3) is 2.29. The van der Waals surface area contributed by atoms with Gasteiger partial charge in [-0.1, -0.05) is 13.0 Å². The summed E-state index contributed by atoms with van der Waals surface area (Å²) in [6, 6.07) is 4.24. The van der Waals surface area contributed by atoms with Crippen LogP contribution >= 0.6 is 15.9 Å². The molecule has 1 fully saturated rings. The maximum Gasteiger partial charge on any atom is 0.258 e. The number of carbonyl (C=O) groups is 1. The highest BCUT2D eigenvalue weighted by Gasteiger charge is 2.35. The average Bonchev–Trinajstić information content (AvgIpc) is 2.69. The fraction of sp³-hybridized carbons (Fsp3) is 0.462. The lowest BCUT2D eigenvalue weighted by Gasteiger charge is -2.25. The second-order valence-corrected chi connectivity index (χ2v) is 5.47. The van der Waals surface area contributed by atoms with Crippen molar-refractivity contribution in [2.75, 3.05) is 13.2 Å². The van der Waals surface area contributed by atoms with Crippen LogP contribution in [-0.2, 0) is 0 Å². The number of hydrogen-bond acceptors (Lipinski definition) is 2. The molecule has 1 amide bonds. The van der Waals surface area contributed by atoms with E-state index in [0.29, 0.717) is 11.0 Å². The van der Waals surface area contributed by atoms with Gasteiger partial charge in [-0.05, 0) is 40.4 Å². The van der Waals surface area contributed by atoms with E-state index < -0.39 is 5.82 Å². The molecule has 1 heterocycles. The molecule has 98 valence electrons. The molecule has 2 atom stereocenters. The van der Waals surface area contributed by atoms with Crippen molar-refractivity contribution < 1.29 is 14.3 Å². The lowest BCUT2D eigenvalue weighted by molar-refractivity contribution is 0.0642. The van der Waals surface area contributed by atoms with Crippen molar-refractivity contribution in [3.05, 3.63) is 34.1 Å². The molecule has 2 rings (SSSR count). The Bertz CT molecular complexity index is 446. The summed E-state index contributed by atoms with van der Waals surface area (Å²) in [5, 5.41) is 9.34. The minimum absolute atomic E-state index is 0.0463. The van der Waals surface area contributed by atoms with Crippen molar-refractivity contribution in [1.82, 2.24) is 4.90 Å². The molecule has 0 spiro atoms. The van der Waals surface area contributed by atoms with E-state index in [4.69, 9.17) is 0 Å². The Morgan fingerprint density at radius 2 is 2.33 bits per heavy atom. The monoisotopic (exact) mass is 315 g/mol. The number of aliphatic hydroxyl groups is 1. The first-order chi connectivity index (χ1) is 8.56. The van der Waals surface area contributed by atoms with E-state index in [-0.39, 0.29) is 30.0 Å². The number of hydrogen-bond donors (Lipinski definition) is 1. The van der Waals surface area contributed by atoms with Crippen LogP contribution in [0.2, 0.25) is 0 Å². The summed E-state index contributed by atoms with van der Waals surface area (Å²) in [4.78, 5) is 13.9. The minimum atomic E-state index is -0.536. The number of carbonyl (C=O) groups excluding carboxylic acids is 1. The van der Waals surface area contributed by atoms with Crippen LogP contribution in [0.15, 0.2) is 22.7 Å². The number of benzene rings is 1. The van der Waals surface area contributed by atoms with E-state index in [0.717, 1.165) is 6.42 Å². The Morgan fingerprint density at radius 1 is 1.61 bits per heavy atom. The Labute approximate surface area is 114 Å². The summed E-state index contributed by atoms with van der Waals surface area (Å²) in [6.07, 6.45) is 0.836. The van der Waals surface area contributed by atoms with Crippen molar-refractivity contribution in [2.24, 2.45) is 5.92 Å². The Kier molecular flexibility index (Phi) is 4.02. The first-order valence-electron chi connectivity index (χ1n) is 5.92. The standard InChI is InChI=1S/C13H15BrFNO2/c1-8-5-6-16(11(8)7-17)13(18)12-9(14)3-2-4-10(12)15/h2-4,8,11,17H,5-7H2,1H3. The van der Waals surface area contributed by atoms with Crippen LogP contribution < -0.4 is 0 Å². The van der Waals surface area contributed by atoms with Crippen LogP contribution in [-0.4, -0.2) is 35.1 Å². The molecule has 1 N–H and O–H groups in total. The summed E-state index contributed by atoms with van der Waals surface area (Å²) in [7, 11) is 0. The van der Waals surface area contributed by atoms with Crippen LogP contribution in [0.5, 0.6) is 0 Å². The second kappa shape index (κ2) is 5.36. The summed E-state index contributed by atoms with van der Waals surface area (Å²) < 4.78 is 14.2. The van der Waals surface area contributed by atoms with Gasteiger partial charge in [0.1, 0.15) is 5.82 Å². The maximum atomic E-state index is 13.7. The summed E-state index contributed by atoms with van der Waals surface area (Å²) in [5.41, 5.74) is 0.0463. The number of aliphatic hydroxyl groups excluding tert-OH is 1. The fourth-order valence-electron chi connectivity index (χ4n) is 2.38. The van der Waals surface area contributed by atoms with Gasteiger partial charge in [-0.3, -0.25) is 4.79 Å². The van der Waals surface area contributed by atoms with Gasteiger partial charge in [-0.2, -0.15) is 0 Å². The zero-order valence-electron chi connectivity index (χ0n) is 10.1. The van der Waals surface area contributed by atoms with Crippen molar-refractivity contribution >= 4 is 21.8 Å². The molecule has 1 aromatic carbocycles. The van der Waals surface area contributed by atoms with Gasteiger partial charge in [-0.15, -0.1) is 0 Å². The van der Waals surface area contributed by atoms with Gasteiger partial charge in [-0.25, -0.2) is 4.39 Å². The van der Waals surface area contributed by atoms with Crippen molar-refractivity contribution in [3.63, 3.8) is 0 Å². The molecule has 0 bridgehead atoms. The smallest absolute Gasteiger partial charge is 0.258 e. The van der Waals surface area contributed by atoms with Gasteiger partial charge >= 0.3 is 0 Å². The molecule has 5 heteroatoms. The number of nitrogens with zero attached hydrogens (tertiary/aromatic N) is 1. The summed E-state index contributed by atoms with van der Waals surface area (Å²) >= 11 is 3.20. The molecule has 1 aliphatic heterocycles. The minimum Gasteiger partial charge on any atom is -0.394 e. The molecule has 0 radical (unpaired) electrons. The van der Waals surface area contributed by atoms with Crippen LogP contribution in [0.3, 0.4) is 0 Å². The van der Waals surface area contributed by atoms with Crippen LogP contribution in [0.4, 0.5) is 4.39 Å². The fourth-order valence-corrected chi connectivity index (χ4v) is 2.90. The largest absolute Gasteiger partial charge is 0.394 e. The predicted octanol–water partition coefficient (Wildman–Crippen LogP) is 2.43. The van der Waals surface area contributed by atoms with Crippen LogP contribution in [0, 0.1) is 11.7 Å². The van der Waals surface area contributed by atoms with E-state index >= 15 is 0 Å². The first-order valence-corrected chi connectivity index (χ1v) is 6.71. The topological polar surface area (TPSA) is 40.5 Å². The highest BCUT2D eigenvalue weighted by atomic mass is 79.9. The van der Waals surface area contributed by atoms with Crippen molar-refractivity contribution in [2.45, 2.75) is 19.4 Å². The maximum absolute atomic E-state index is 13.7. The molecule has 0 aromatic heterocycles. The normalized spacial score (nSPS) is 23.4. The summed E-state index contributed by atoms with van der Waals surface area (Å²) in [5.74, 6) is -0.654.